The molecule has 62 heavy (non-hydrogen) atoms. The molecule has 6 N–H and O–H groups in total. The van der Waals surface area contributed by atoms with Gasteiger partial charge in [0.2, 0.25) is 0 Å². The summed E-state index contributed by atoms with van der Waals surface area (Å²) < 4.78 is 160. The van der Waals surface area contributed by atoms with Crippen molar-refractivity contribution in [1.82, 2.24) is 9.80 Å². The minimum absolute atomic E-state index is 0.00432. The van der Waals surface area contributed by atoms with E-state index in [9.17, 15) is 52.7 Å². The lowest BCUT2D eigenvalue weighted by molar-refractivity contribution is -0.138. The maximum absolute atomic E-state index is 15.1. The molecule has 6 rings (SSSR count). The lowest BCUT2D eigenvalue weighted by Gasteiger charge is -2.42. The average molecular weight is 889 g/mol. The molecular formula is C43H44F12N6O. The van der Waals surface area contributed by atoms with E-state index in [-0.39, 0.29) is 42.1 Å². The van der Waals surface area contributed by atoms with Crippen LogP contribution in [0.3, 0.4) is 0 Å². The molecule has 4 aromatic rings. The minimum Gasteiger partial charge on any atom is -0.397 e. The van der Waals surface area contributed by atoms with Crippen molar-refractivity contribution >= 4 is 28.5 Å². The van der Waals surface area contributed by atoms with Crippen LogP contribution in [0.1, 0.15) is 59.1 Å². The van der Waals surface area contributed by atoms with E-state index in [4.69, 9.17) is 11.5 Å². The van der Waals surface area contributed by atoms with E-state index in [1.165, 1.54) is 36.4 Å². The third-order valence-electron chi connectivity index (χ3n) is 11.5. The van der Waals surface area contributed by atoms with Gasteiger partial charge in [0.25, 0.3) is 0 Å². The summed E-state index contributed by atoms with van der Waals surface area (Å²) in [5, 5.41) is 6.36. The fraction of sp³-hybridized carbons (Fsp3) is 0.419. The fourth-order valence-electron chi connectivity index (χ4n) is 8.04. The zero-order valence-electron chi connectivity index (χ0n) is 33.0. The van der Waals surface area contributed by atoms with Crippen molar-refractivity contribution in [3.05, 3.63) is 118 Å². The largest absolute Gasteiger partial charge is 0.416 e. The molecule has 2 aliphatic heterocycles. The van der Waals surface area contributed by atoms with Gasteiger partial charge in [-0.1, -0.05) is 24.3 Å². The number of nitrogens with one attached hydrogen (secondary N) is 2. The first-order valence-corrected chi connectivity index (χ1v) is 19.8. The fourth-order valence-corrected chi connectivity index (χ4v) is 8.04. The Labute approximate surface area is 349 Å². The number of nitrogen functional groups attached to an aromatic ring is 2. The number of ketones is 1. The SMILES string of the molecule is Nc1cc(C(F)(F)F)ccc1NC1CCN(C(Cc2ccc(C(F)(F)F)cc2)C(=O)C(Cc2ccc(C(F)(F)F)cc2)N2CCC(Nc3ccc(C(F)(F)F)cc3N)CC2)CC1. The predicted octanol–water partition coefficient (Wildman–Crippen LogP) is 10.2. The van der Waals surface area contributed by atoms with Gasteiger partial charge >= 0.3 is 24.7 Å². The van der Waals surface area contributed by atoms with Gasteiger partial charge < -0.3 is 22.1 Å². The number of halogens is 12. The van der Waals surface area contributed by atoms with E-state index in [1.807, 2.05) is 9.80 Å². The van der Waals surface area contributed by atoms with Gasteiger partial charge in [-0.25, -0.2) is 0 Å². The van der Waals surface area contributed by atoms with Crippen molar-refractivity contribution < 1.29 is 57.5 Å². The number of benzene rings is 4. The first kappa shape index (κ1) is 46.3. The maximum atomic E-state index is 15.1. The Morgan fingerprint density at radius 3 is 1.06 bits per heavy atom. The molecule has 0 aliphatic carbocycles. The molecule has 2 unspecified atom stereocenters. The van der Waals surface area contributed by atoms with Crippen molar-refractivity contribution in [1.29, 1.82) is 0 Å². The summed E-state index contributed by atoms with van der Waals surface area (Å²) in [6, 6.07) is 12.5. The molecule has 2 heterocycles. The number of hydrogen-bond acceptors (Lipinski definition) is 7. The van der Waals surface area contributed by atoms with Gasteiger partial charge in [0.15, 0.2) is 5.78 Å². The Morgan fingerprint density at radius 1 is 0.500 bits per heavy atom. The maximum Gasteiger partial charge on any atom is 0.416 e. The molecule has 336 valence electrons. The molecule has 2 fully saturated rings. The zero-order valence-corrected chi connectivity index (χ0v) is 33.0. The van der Waals surface area contributed by atoms with Gasteiger partial charge in [-0.2, -0.15) is 52.7 Å². The Morgan fingerprint density at radius 2 is 0.790 bits per heavy atom. The van der Waals surface area contributed by atoms with Gasteiger partial charge in [0.05, 0.1) is 57.1 Å². The highest BCUT2D eigenvalue weighted by atomic mass is 19.4. The smallest absolute Gasteiger partial charge is 0.397 e. The second-order valence-electron chi connectivity index (χ2n) is 15.7. The highest BCUT2D eigenvalue weighted by molar-refractivity contribution is 5.90. The summed E-state index contributed by atoms with van der Waals surface area (Å²) >= 11 is 0. The van der Waals surface area contributed by atoms with Gasteiger partial charge in [-0.3, -0.25) is 14.6 Å². The summed E-state index contributed by atoms with van der Waals surface area (Å²) in [5.41, 5.74) is 9.56. The molecule has 19 heteroatoms. The molecule has 0 amide bonds. The molecule has 0 aromatic heterocycles. The summed E-state index contributed by atoms with van der Waals surface area (Å²) in [6.07, 6.45) is -16.8. The first-order valence-electron chi connectivity index (χ1n) is 19.8. The Bertz CT molecular complexity index is 1990. The topological polar surface area (TPSA) is 99.6 Å². The van der Waals surface area contributed by atoms with Crippen molar-refractivity contribution in [2.45, 2.75) is 87.4 Å². The lowest BCUT2D eigenvalue weighted by atomic mass is 9.88. The van der Waals surface area contributed by atoms with Crippen LogP contribution in [0.5, 0.6) is 0 Å². The highest BCUT2D eigenvalue weighted by Crippen LogP contribution is 2.36. The number of nitrogens with two attached hydrogens (primary N) is 2. The quantitative estimate of drug-likeness (QED) is 0.0831. The highest BCUT2D eigenvalue weighted by Gasteiger charge is 2.39. The molecule has 0 radical (unpaired) electrons. The number of anilines is 4. The minimum atomic E-state index is -4.61. The lowest BCUT2D eigenvalue weighted by Crippen LogP contribution is -2.57. The van der Waals surface area contributed by atoms with E-state index in [1.54, 1.807) is 0 Å². The second-order valence-corrected chi connectivity index (χ2v) is 15.7. The van der Waals surface area contributed by atoms with Crippen molar-refractivity contribution in [3.63, 3.8) is 0 Å². The number of rotatable bonds is 12. The van der Waals surface area contributed by atoms with Gasteiger partial charge in [-0.15, -0.1) is 0 Å². The number of alkyl halides is 12. The Balaban J connectivity index is 1.24. The molecule has 2 atom stereocenters. The molecule has 7 nitrogen and oxygen atoms in total. The van der Waals surface area contributed by atoms with Crippen molar-refractivity contribution in [2.75, 3.05) is 48.3 Å². The van der Waals surface area contributed by atoms with Crippen LogP contribution >= 0.6 is 0 Å². The Hall–Kier alpha value is -5.17. The number of piperidine rings is 2. The normalized spacial score (nSPS) is 17.7. The van der Waals surface area contributed by atoms with Crippen LogP contribution < -0.4 is 22.1 Å². The number of Topliss-reactive ketones (excluding diaryl/α,β-unsaturated/α-hetero) is 1. The van der Waals surface area contributed by atoms with Crippen LogP contribution in [-0.2, 0) is 42.3 Å². The number of nitrogens with zero attached hydrogens (tertiary/aromatic N) is 2. The van der Waals surface area contributed by atoms with E-state index in [0.717, 1.165) is 48.5 Å². The predicted molar refractivity (Wildman–Crippen MR) is 211 cm³/mol. The first-order chi connectivity index (χ1) is 29.0. The van der Waals surface area contributed by atoms with Crippen molar-refractivity contribution in [3.8, 4) is 0 Å². The van der Waals surface area contributed by atoms with Crippen LogP contribution in [0.15, 0.2) is 84.9 Å². The van der Waals surface area contributed by atoms with Crippen LogP contribution in [0.2, 0.25) is 0 Å². The monoisotopic (exact) mass is 888 g/mol. The third kappa shape index (κ3) is 11.6. The van der Waals surface area contributed by atoms with E-state index in [0.29, 0.717) is 74.4 Å². The summed E-state index contributed by atoms with van der Waals surface area (Å²) in [5.74, 6) is -0.318. The van der Waals surface area contributed by atoms with Gasteiger partial charge in [-0.05, 0) is 110 Å². The molecule has 2 saturated heterocycles. The van der Waals surface area contributed by atoms with Crippen molar-refractivity contribution in [2.24, 2.45) is 0 Å². The number of hydrogen-bond donors (Lipinski definition) is 4. The number of carbonyl (C=O) groups is 1. The van der Waals surface area contributed by atoms with Crippen LogP contribution in [-0.4, -0.2) is 65.9 Å². The second kappa shape index (κ2) is 18.3. The van der Waals surface area contributed by atoms with Gasteiger partial charge in [0, 0.05) is 38.3 Å². The van der Waals surface area contributed by atoms with E-state index < -0.39 is 59.0 Å². The molecule has 0 spiro atoms. The van der Waals surface area contributed by atoms with E-state index >= 15 is 4.79 Å². The summed E-state index contributed by atoms with van der Waals surface area (Å²) in [4.78, 5) is 18.9. The van der Waals surface area contributed by atoms with E-state index in [2.05, 4.69) is 10.6 Å². The molecule has 2 aliphatic rings. The molecule has 0 bridgehead atoms. The van der Waals surface area contributed by atoms with Crippen LogP contribution in [0.4, 0.5) is 75.4 Å². The average Bonchev–Trinajstić information content (AvgIpc) is 3.20. The number of carbonyl (C=O) groups excluding carboxylic acids is 1. The van der Waals surface area contributed by atoms with Gasteiger partial charge in [0.1, 0.15) is 0 Å². The van der Waals surface area contributed by atoms with Crippen LogP contribution in [0, 0.1) is 0 Å². The summed E-state index contributed by atoms with van der Waals surface area (Å²) in [6.45, 7) is 1.18. The Kier molecular flexibility index (Phi) is 13.7. The standard InChI is InChI=1S/C43H44F12N6O/c44-40(45,46)27-5-1-25(2-6-27)21-37(60-17-13-31(14-18-60)58-35-11-9-29(23-33(35)56)42(50,51)52)39(62)38(22-26-3-7-28(8-4-26)41(47,48)49)61-19-15-32(16-20-61)59-36-12-10-30(24-34(36)57)43(53,54)55/h1-12,23-24,31-32,37-38,58-59H,13-22,56-57H2. The zero-order chi connectivity index (χ0) is 45.2. The summed E-state index contributed by atoms with van der Waals surface area (Å²) in [7, 11) is 0. The van der Waals surface area contributed by atoms with Crippen LogP contribution in [0.25, 0.3) is 0 Å². The number of likely N-dealkylation sites (tertiary alicyclic amines) is 2. The third-order valence-corrected chi connectivity index (χ3v) is 11.5. The molecular weight excluding hydrogens is 844 g/mol. The molecule has 0 saturated carbocycles. The molecule has 4 aromatic carbocycles.